The molecule has 0 aliphatic carbocycles. The van der Waals surface area contributed by atoms with Gasteiger partial charge in [0.1, 0.15) is 5.75 Å². The molecule has 3 heterocycles. The van der Waals surface area contributed by atoms with Crippen LogP contribution in [0.5, 0.6) is 17.6 Å². The first-order valence-corrected chi connectivity index (χ1v) is 9.20. The lowest BCUT2D eigenvalue weighted by Gasteiger charge is -2.24. The van der Waals surface area contributed by atoms with Gasteiger partial charge in [-0.15, -0.1) is 0 Å². The number of fused-ring (bicyclic) bond motifs is 1. The number of ether oxygens (including phenoxy) is 2. The third-order valence-corrected chi connectivity index (χ3v) is 4.86. The monoisotopic (exact) mass is 378 g/mol. The predicted molar refractivity (Wildman–Crippen MR) is 108 cm³/mol. The van der Waals surface area contributed by atoms with Crippen LogP contribution in [0.2, 0.25) is 0 Å². The Balaban J connectivity index is 1.61. The van der Waals surface area contributed by atoms with Crippen LogP contribution in [0.1, 0.15) is 18.9 Å². The summed E-state index contributed by atoms with van der Waals surface area (Å²) in [6.45, 7) is 5.45. The molecule has 0 spiro atoms. The lowest BCUT2D eigenvalue weighted by Crippen LogP contribution is -2.28. The molecule has 1 aliphatic rings. The first-order chi connectivity index (χ1) is 13.7. The van der Waals surface area contributed by atoms with E-state index in [1.54, 1.807) is 19.3 Å². The van der Waals surface area contributed by atoms with Gasteiger partial charge in [0.2, 0.25) is 5.88 Å². The van der Waals surface area contributed by atoms with Crippen LogP contribution in [-0.2, 0) is 4.74 Å². The van der Waals surface area contributed by atoms with Gasteiger partial charge in [-0.2, -0.15) is 9.97 Å². The second-order valence-corrected chi connectivity index (χ2v) is 6.65. The van der Waals surface area contributed by atoms with Crippen LogP contribution in [0, 0.1) is 0 Å². The SMILES string of the molecule is C=c1nc(Oc2ccc3c(ccn3C3CCOCC3)c2)nc(O)/c1=C/C=N\C. The van der Waals surface area contributed by atoms with E-state index in [2.05, 4.69) is 38.4 Å². The number of aromatic nitrogens is 3. The molecule has 2 aromatic heterocycles. The number of aliphatic imine (C=N–C) groups is 1. The molecule has 7 nitrogen and oxygen atoms in total. The molecule has 0 atom stereocenters. The van der Waals surface area contributed by atoms with E-state index in [9.17, 15) is 5.11 Å². The van der Waals surface area contributed by atoms with Crippen LogP contribution in [0.15, 0.2) is 35.5 Å². The predicted octanol–water partition coefficient (Wildman–Crippen LogP) is 2.17. The van der Waals surface area contributed by atoms with Crippen LogP contribution < -0.4 is 15.3 Å². The molecule has 0 unspecified atom stereocenters. The first kappa shape index (κ1) is 18.2. The molecule has 3 aromatic rings. The molecule has 1 aliphatic heterocycles. The fourth-order valence-electron chi connectivity index (χ4n) is 3.44. The zero-order chi connectivity index (χ0) is 19.5. The van der Waals surface area contributed by atoms with E-state index >= 15 is 0 Å². The summed E-state index contributed by atoms with van der Waals surface area (Å²) >= 11 is 0. The van der Waals surface area contributed by atoms with E-state index in [-0.39, 0.29) is 11.9 Å². The van der Waals surface area contributed by atoms with Crippen molar-refractivity contribution in [1.82, 2.24) is 14.5 Å². The van der Waals surface area contributed by atoms with Crippen molar-refractivity contribution in [2.75, 3.05) is 20.3 Å². The van der Waals surface area contributed by atoms with E-state index in [0.29, 0.717) is 22.4 Å². The minimum atomic E-state index is -0.193. The summed E-state index contributed by atoms with van der Waals surface area (Å²) in [7, 11) is 1.64. The number of nitrogens with zero attached hydrogens (tertiary/aromatic N) is 4. The van der Waals surface area contributed by atoms with Crippen molar-refractivity contribution in [1.29, 1.82) is 0 Å². The maximum atomic E-state index is 10.1. The van der Waals surface area contributed by atoms with Gasteiger partial charge >= 0.3 is 6.01 Å². The Morgan fingerprint density at radius 1 is 1.29 bits per heavy atom. The molecule has 0 amide bonds. The van der Waals surface area contributed by atoms with Crippen LogP contribution >= 0.6 is 0 Å². The Morgan fingerprint density at radius 3 is 2.86 bits per heavy atom. The van der Waals surface area contributed by atoms with Gasteiger partial charge in [0.15, 0.2) is 0 Å². The fraction of sp³-hybridized carbons (Fsp3) is 0.286. The minimum Gasteiger partial charge on any atom is -0.493 e. The Bertz CT molecular complexity index is 1130. The van der Waals surface area contributed by atoms with E-state index in [0.717, 1.165) is 37.0 Å². The van der Waals surface area contributed by atoms with Crippen molar-refractivity contribution in [3.8, 4) is 17.6 Å². The highest BCUT2D eigenvalue weighted by atomic mass is 16.5. The van der Waals surface area contributed by atoms with E-state index in [1.165, 1.54) is 0 Å². The maximum absolute atomic E-state index is 10.1. The second-order valence-electron chi connectivity index (χ2n) is 6.65. The van der Waals surface area contributed by atoms with Gasteiger partial charge in [-0.05, 0) is 43.2 Å². The summed E-state index contributed by atoms with van der Waals surface area (Å²) in [4.78, 5) is 12.1. The molecule has 1 aromatic carbocycles. The lowest BCUT2D eigenvalue weighted by atomic mass is 10.1. The average Bonchev–Trinajstić information content (AvgIpc) is 3.11. The number of rotatable bonds is 4. The van der Waals surface area contributed by atoms with E-state index < -0.39 is 0 Å². The van der Waals surface area contributed by atoms with Crippen molar-refractivity contribution < 1.29 is 14.6 Å². The molecule has 7 heteroatoms. The Morgan fingerprint density at radius 2 is 2.11 bits per heavy atom. The average molecular weight is 378 g/mol. The Kier molecular flexibility index (Phi) is 5.08. The van der Waals surface area contributed by atoms with Gasteiger partial charge in [-0.25, -0.2) is 0 Å². The number of benzene rings is 1. The van der Waals surface area contributed by atoms with E-state index in [1.807, 2.05) is 18.2 Å². The number of hydrogen-bond acceptors (Lipinski definition) is 6. The van der Waals surface area contributed by atoms with Crippen molar-refractivity contribution in [3.63, 3.8) is 0 Å². The van der Waals surface area contributed by atoms with Crippen molar-refractivity contribution >= 4 is 29.8 Å². The van der Waals surface area contributed by atoms with Crippen molar-refractivity contribution in [2.45, 2.75) is 18.9 Å². The smallest absolute Gasteiger partial charge is 0.325 e. The van der Waals surface area contributed by atoms with Gasteiger partial charge in [-0.1, -0.05) is 6.58 Å². The lowest BCUT2D eigenvalue weighted by molar-refractivity contribution is 0.0707. The number of aromatic hydroxyl groups is 1. The van der Waals surface area contributed by atoms with Crippen LogP contribution in [0.3, 0.4) is 0 Å². The largest absolute Gasteiger partial charge is 0.493 e. The van der Waals surface area contributed by atoms with Crippen LogP contribution in [0.4, 0.5) is 0 Å². The minimum absolute atomic E-state index is 0.0521. The summed E-state index contributed by atoms with van der Waals surface area (Å²) in [6, 6.07) is 8.44. The van der Waals surface area contributed by atoms with Gasteiger partial charge in [0.05, 0.1) is 10.6 Å². The highest BCUT2D eigenvalue weighted by Gasteiger charge is 2.17. The zero-order valence-corrected chi connectivity index (χ0v) is 15.7. The molecule has 0 saturated carbocycles. The molecule has 1 fully saturated rings. The standard InChI is InChI=1S/C21H22N4O3/c1-14-18(5-9-22-2)20(26)24-21(23-14)28-17-3-4-19-15(13-17)6-10-25(19)16-7-11-27-12-8-16/h3-6,9-10,13,16H,1,7-8,11-12H2,2H3,(H,23,24,26)/b18-5+,22-9-. The number of hydrogen-bond donors (Lipinski definition) is 1. The maximum Gasteiger partial charge on any atom is 0.325 e. The Labute approximate surface area is 162 Å². The molecular weight excluding hydrogens is 356 g/mol. The van der Waals surface area contributed by atoms with Crippen LogP contribution in [-0.4, -0.2) is 46.1 Å². The summed E-state index contributed by atoms with van der Waals surface area (Å²) in [5, 5.41) is 12.0. The summed E-state index contributed by atoms with van der Waals surface area (Å²) in [5.41, 5.74) is 1.16. The molecular formula is C21H22N4O3. The molecule has 1 saturated heterocycles. The third-order valence-electron chi connectivity index (χ3n) is 4.86. The summed E-state index contributed by atoms with van der Waals surface area (Å²) in [6.07, 6.45) is 7.30. The summed E-state index contributed by atoms with van der Waals surface area (Å²) < 4.78 is 13.5. The fourth-order valence-corrected chi connectivity index (χ4v) is 3.44. The summed E-state index contributed by atoms with van der Waals surface area (Å²) in [5.74, 6) is 0.407. The quantitative estimate of drug-likeness (QED) is 0.704. The molecule has 144 valence electrons. The van der Waals surface area contributed by atoms with Gasteiger partial charge < -0.3 is 19.1 Å². The molecule has 1 N–H and O–H groups in total. The van der Waals surface area contributed by atoms with Gasteiger partial charge in [0, 0.05) is 49.6 Å². The molecule has 28 heavy (non-hydrogen) atoms. The Hall–Kier alpha value is -3.19. The van der Waals surface area contributed by atoms with Crippen molar-refractivity contribution in [3.05, 3.63) is 41.0 Å². The molecule has 4 rings (SSSR count). The topological polar surface area (TPSA) is 81.8 Å². The van der Waals surface area contributed by atoms with Crippen molar-refractivity contribution in [2.24, 2.45) is 4.99 Å². The van der Waals surface area contributed by atoms with Crippen LogP contribution in [0.25, 0.3) is 23.6 Å². The highest BCUT2D eigenvalue weighted by Crippen LogP contribution is 2.30. The molecule has 0 radical (unpaired) electrons. The zero-order valence-electron chi connectivity index (χ0n) is 15.7. The normalized spacial score (nSPS) is 16.2. The van der Waals surface area contributed by atoms with E-state index in [4.69, 9.17) is 9.47 Å². The van der Waals surface area contributed by atoms with Gasteiger partial charge in [0.25, 0.3) is 0 Å². The third kappa shape index (κ3) is 3.61. The second kappa shape index (κ2) is 7.82. The first-order valence-electron chi connectivity index (χ1n) is 9.20. The molecule has 0 bridgehead atoms. The van der Waals surface area contributed by atoms with Gasteiger partial charge in [-0.3, -0.25) is 4.99 Å². The highest BCUT2D eigenvalue weighted by molar-refractivity contribution is 5.91.